The number of amides is 2. The minimum Gasteiger partial charge on any atom is -0.391 e. The molecular formula is C13H24N2O3. The van der Waals surface area contributed by atoms with Crippen molar-refractivity contribution in [2.45, 2.75) is 56.8 Å². The topological polar surface area (TPSA) is 70.6 Å². The van der Waals surface area contributed by atoms with E-state index in [1.807, 2.05) is 0 Å². The normalized spacial score (nSPS) is 29.7. The molecule has 5 nitrogen and oxygen atoms in total. The number of hydrogen-bond donors (Lipinski definition) is 3. The lowest BCUT2D eigenvalue weighted by Crippen LogP contribution is -2.50. The van der Waals surface area contributed by atoms with Crippen molar-refractivity contribution in [3.05, 3.63) is 0 Å². The molecule has 104 valence electrons. The fourth-order valence-electron chi connectivity index (χ4n) is 2.61. The van der Waals surface area contributed by atoms with Crippen LogP contribution in [0.1, 0.15) is 38.5 Å². The summed E-state index contributed by atoms with van der Waals surface area (Å²) in [5.74, 6) is 0.395. The van der Waals surface area contributed by atoms with Gasteiger partial charge in [-0.15, -0.1) is 0 Å². The summed E-state index contributed by atoms with van der Waals surface area (Å²) in [7, 11) is 1.69. The molecule has 0 unspecified atom stereocenters. The van der Waals surface area contributed by atoms with E-state index in [-0.39, 0.29) is 24.3 Å². The minimum atomic E-state index is -0.389. The van der Waals surface area contributed by atoms with E-state index in [2.05, 4.69) is 10.6 Å². The molecule has 0 saturated heterocycles. The Morgan fingerprint density at radius 3 is 2.72 bits per heavy atom. The second-order valence-corrected chi connectivity index (χ2v) is 5.42. The van der Waals surface area contributed by atoms with Gasteiger partial charge >= 0.3 is 6.03 Å². The number of hydrogen-bond acceptors (Lipinski definition) is 3. The number of urea groups is 1. The fourth-order valence-corrected chi connectivity index (χ4v) is 2.61. The highest BCUT2D eigenvalue weighted by atomic mass is 16.5. The van der Waals surface area contributed by atoms with Crippen LogP contribution in [-0.4, -0.2) is 43.0 Å². The van der Waals surface area contributed by atoms with Gasteiger partial charge in [-0.25, -0.2) is 4.79 Å². The van der Waals surface area contributed by atoms with Crippen LogP contribution in [0.2, 0.25) is 0 Å². The van der Waals surface area contributed by atoms with E-state index >= 15 is 0 Å². The first-order valence-corrected chi connectivity index (χ1v) is 6.96. The molecule has 0 radical (unpaired) electrons. The van der Waals surface area contributed by atoms with Crippen LogP contribution in [0.15, 0.2) is 0 Å². The molecule has 5 heteroatoms. The molecule has 0 aromatic carbocycles. The highest BCUT2D eigenvalue weighted by Gasteiger charge is 2.30. The highest BCUT2D eigenvalue weighted by Crippen LogP contribution is 2.32. The maximum absolute atomic E-state index is 11.7. The van der Waals surface area contributed by atoms with Gasteiger partial charge in [0.15, 0.2) is 0 Å². The van der Waals surface area contributed by atoms with E-state index in [0.717, 1.165) is 32.1 Å². The molecule has 2 saturated carbocycles. The first kappa shape index (κ1) is 13.6. The third-order valence-electron chi connectivity index (χ3n) is 3.96. The summed E-state index contributed by atoms with van der Waals surface area (Å²) in [4.78, 5) is 11.7. The van der Waals surface area contributed by atoms with E-state index in [0.29, 0.717) is 12.5 Å². The van der Waals surface area contributed by atoms with Crippen molar-refractivity contribution in [1.82, 2.24) is 10.6 Å². The number of methoxy groups -OCH3 is 1. The van der Waals surface area contributed by atoms with Crippen LogP contribution < -0.4 is 10.6 Å². The smallest absolute Gasteiger partial charge is 0.315 e. The molecule has 2 rings (SSSR count). The zero-order chi connectivity index (χ0) is 13.0. The predicted molar refractivity (Wildman–Crippen MR) is 68.3 cm³/mol. The maximum atomic E-state index is 11.7. The number of aliphatic hydroxyl groups excluding tert-OH is 1. The van der Waals surface area contributed by atoms with Crippen molar-refractivity contribution < 1.29 is 14.6 Å². The van der Waals surface area contributed by atoms with Gasteiger partial charge < -0.3 is 20.5 Å². The quantitative estimate of drug-likeness (QED) is 0.687. The van der Waals surface area contributed by atoms with E-state index in [1.54, 1.807) is 7.11 Å². The van der Waals surface area contributed by atoms with Gasteiger partial charge in [-0.2, -0.15) is 0 Å². The standard InChI is InChI=1S/C13H24N2O3/c1-18-12-5-3-2-4-10(12)15-13(17)14-8-11(16)9-6-7-9/h9-12,16H,2-8H2,1H3,(H2,14,15,17)/t10-,11-,12-/m1/s1. The average Bonchev–Trinajstić information content (AvgIpc) is 3.21. The summed E-state index contributed by atoms with van der Waals surface area (Å²) < 4.78 is 5.39. The van der Waals surface area contributed by atoms with Crippen LogP contribution in [0.4, 0.5) is 4.79 Å². The number of ether oxygens (including phenoxy) is 1. The van der Waals surface area contributed by atoms with Crippen LogP contribution in [0.5, 0.6) is 0 Å². The molecule has 0 spiro atoms. The van der Waals surface area contributed by atoms with Crippen LogP contribution in [0.3, 0.4) is 0 Å². The van der Waals surface area contributed by atoms with Gasteiger partial charge in [0.1, 0.15) is 0 Å². The third kappa shape index (κ3) is 3.85. The van der Waals surface area contributed by atoms with Gasteiger partial charge in [0.2, 0.25) is 0 Å². The van der Waals surface area contributed by atoms with Crippen molar-refractivity contribution in [2.24, 2.45) is 5.92 Å². The molecule has 0 aromatic heterocycles. The van der Waals surface area contributed by atoms with Crippen LogP contribution >= 0.6 is 0 Å². The van der Waals surface area contributed by atoms with E-state index in [4.69, 9.17) is 4.74 Å². The summed E-state index contributed by atoms with van der Waals surface area (Å²) in [6.07, 6.45) is 6.17. The number of carbonyl (C=O) groups is 1. The second-order valence-electron chi connectivity index (χ2n) is 5.42. The molecule has 18 heavy (non-hydrogen) atoms. The Balaban J connectivity index is 1.68. The Morgan fingerprint density at radius 1 is 1.33 bits per heavy atom. The molecule has 3 atom stereocenters. The van der Waals surface area contributed by atoms with E-state index < -0.39 is 0 Å². The molecule has 0 heterocycles. The lowest BCUT2D eigenvalue weighted by atomic mass is 9.92. The zero-order valence-corrected chi connectivity index (χ0v) is 11.0. The largest absolute Gasteiger partial charge is 0.391 e. The second kappa shape index (κ2) is 6.38. The molecule has 0 aromatic rings. The van der Waals surface area contributed by atoms with Crippen LogP contribution in [-0.2, 0) is 4.74 Å². The molecule has 0 aliphatic heterocycles. The third-order valence-corrected chi connectivity index (χ3v) is 3.96. The van der Waals surface area contributed by atoms with E-state index in [1.165, 1.54) is 6.42 Å². The molecule has 2 amide bonds. The Labute approximate surface area is 108 Å². The van der Waals surface area contributed by atoms with Gasteiger partial charge in [-0.3, -0.25) is 0 Å². The molecule has 3 N–H and O–H groups in total. The number of aliphatic hydroxyl groups is 1. The monoisotopic (exact) mass is 256 g/mol. The van der Waals surface area contributed by atoms with Crippen molar-refractivity contribution in [3.63, 3.8) is 0 Å². The summed E-state index contributed by atoms with van der Waals surface area (Å²) >= 11 is 0. The van der Waals surface area contributed by atoms with Gasteiger partial charge in [-0.1, -0.05) is 12.8 Å². The SMILES string of the molecule is CO[C@@H]1CCCC[C@H]1NC(=O)NC[C@@H](O)C1CC1. The lowest BCUT2D eigenvalue weighted by Gasteiger charge is -2.31. The minimum absolute atomic E-state index is 0.0989. The molecular weight excluding hydrogens is 232 g/mol. The summed E-state index contributed by atoms with van der Waals surface area (Å²) in [6.45, 7) is 0.348. The van der Waals surface area contributed by atoms with Gasteiger partial charge in [0, 0.05) is 13.7 Å². The van der Waals surface area contributed by atoms with Crippen molar-refractivity contribution in [2.75, 3.05) is 13.7 Å². The maximum Gasteiger partial charge on any atom is 0.315 e. The number of nitrogens with one attached hydrogen (secondary N) is 2. The highest BCUT2D eigenvalue weighted by molar-refractivity contribution is 5.74. The summed E-state index contributed by atoms with van der Waals surface area (Å²) in [6, 6.07) is -0.0922. The van der Waals surface area contributed by atoms with E-state index in [9.17, 15) is 9.90 Å². The first-order chi connectivity index (χ1) is 8.70. The van der Waals surface area contributed by atoms with Crippen molar-refractivity contribution >= 4 is 6.03 Å². The Kier molecular flexibility index (Phi) is 4.83. The van der Waals surface area contributed by atoms with Crippen LogP contribution in [0, 0.1) is 5.92 Å². The lowest BCUT2D eigenvalue weighted by molar-refractivity contribution is 0.0449. The predicted octanol–water partition coefficient (Wildman–Crippen LogP) is 1.01. The zero-order valence-electron chi connectivity index (χ0n) is 11.0. The summed E-state index contributed by atoms with van der Waals surface area (Å²) in [5.41, 5.74) is 0. The molecule has 0 bridgehead atoms. The average molecular weight is 256 g/mol. The summed E-state index contributed by atoms with van der Waals surface area (Å²) in [5, 5.41) is 15.4. The molecule has 2 fully saturated rings. The Morgan fingerprint density at radius 2 is 2.06 bits per heavy atom. The van der Waals surface area contributed by atoms with Crippen LogP contribution in [0.25, 0.3) is 0 Å². The Hall–Kier alpha value is -0.810. The van der Waals surface area contributed by atoms with Crippen molar-refractivity contribution in [1.29, 1.82) is 0 Å². The van der Waals surface area contributed by atoms with Gasteiger partial charge in [0.05, 0.1) is 18.2 Å². The number of carbonyl (C=O) groups excluding carboxylic acids is 1. The van der Waals surface area contributed by atoms with Crippen molar-refractivity contribution in [3.8, 4) is 0 Å². The fraction of sp³-hybridized carbons (Fsp3) is 0.923. The first-order valence-electron chi connectivity index (χ1n) is 6.96. The number of rotatable bonds is 5. The Bertz CT molecular complexity index is 281. The molecule has 2 aliphatic carbocycles. The molecule has 2 aliphatic rings. The van der Waals surface area contributed by atoms with Gasteiger partial charge in [0.25, 0.3) is 0 Å². The van der Waals surface area contributed by atoms with Gasteiger partial charge in [-0.05, 0) is 31.6 Å².